The van der Waals surface area contributed by atoms with E-state index in [0.717, 1.165) is 16.5 Å². The summed E-state index contributed by atoms with van der Waals surface area (Å²) >= 11 is 0. The van der Waals surface area contributed by atoms with Crippen LogP contribution in [0.5, 0.6) is 0 Å². The van der Waals surface area contributed by atoms with E-state index in [1.54, 1.807) is 12.3 Å². The fraction of sp³-hybridized carbons (Fsp3) is 0.429. The summed E-state index contributed by atoms with van der Waals surface area (Å²) in [5.41, 5.74) is 2.44. The van der Waals surface area contributed by atoms with Crippen molar-refractivity contribution in [1.29, 1.82) is 0 Å². The third-order valence-corrected chi connectivity index (χ3v) is 2.77. The van der Waals surface area contributed by atoms with E-state index in [0.29, 0.717) is 12.1 Å². The summed E-state index contributed by atoms with van der Waals surface area (Å²) < 4.78 is 18.9. The smallest absolute Gasteiger partial charge is 0.170 e. The normalized spacial score (nSPS) is 12.3. The predicted octanol–water partition coefficient (Wildman–Crippen LogP) is 3.77. The van der Waals surface area contributed by atoms with Crippen LogP contribution in [0.1, 0.15) is 31.9 Å². The average molecular weight is 235 g/mol. The molecule has 0 atom stereocenters. The highest BCUT2D eigenvalue weighted by atomic mass is 19.1. The Balaban J connectivity index is 2.39. The zero-order chi connectivity index (χ0) is 12.6. The Morgan fingerprint density at radius 3 is 2.65 bits per heavy atom. The minimum absolute atomic E-state index is 0.0326. The molecule has 0 amide bonds. The lowest BCUT2D eigenvalue weighted by molar-refractivity contribution is 0.423. The second-order valence-corrected chi connectivity index (χ2v) is 5.43. The molecule has 1 N–H and O–H groups in total. The Labute approximate surface area is 101 Å². The van der Waals surface area contributed by atoms with Crippen molar-refractivity contribution in [3.05, 3.63) is 35.3 Å². The number of aryl methyl sites for hydroxylation is 1. The van der Waals surface area contributed by atoms with E-state index in [1.165, 1.54) is 6.07 Å². The van der Waals surface area contributed by atoms with Gasteiger partial charge in [-0.1, -0.05) is 6.07 Å². The highest BCUT2D eigenvalue weighted by molar-refractivity contribution is 5.84. The molecule has 0 radical (unpaired) electrons. The van der Waals surface area contributed by atoms with Gasteiger partial charge in [-0.15, -0.1) is 0 Å². The SMILES string of the molecule is Cc1ccc(F)c2occ(CNC(C)(C)C)c12. The van der Waals surface area contributed by atoms with Crippen LogP contribution >= 0.6 is 0 Å². The Morgan fingerprint density at radius 2 is 2.00 bits per heavy atom. The molecule has 0 saturated heterocycles. The maximum atomic E-state index is 13.5. The lowest BCUT2D eigenvalue weighted by atomic mass is 10.1. The van der Waals surface area contributed by atoms with Crippen LogP contribution in [0, 0.1) is 12.7 Å². The molecular formula is C14H18FNO. The maximum Gasteiger partial charge on any atom is 0.170 e. The lowest BCUT2D eigenvalue weighted by Crippen LogP contribution is -2.34. The van der Waals surface area contributed by atoms with Crippen molar-refractivity contribution in [1.82, 2.24) is 5.32 Å². The van der Waals surface area contributed by atoms with Crippen LogP contribution in [0.25, 0.3) is 11.0 Å². The Kier molecular flexibility index (Phi) is 2.96. The van der Waals surface area contributed by atoms with E-state index in [1.807, 2.05) is 6.92 Å². The van der Waals surface area contributed by atoms with Crippen molar-refractivity contribution in [3.63, 3.8) is 0 Å². The van der Waals surface area contributed by atoms with Crippen molar-refractivity contribution in [3.8, 4) is 0 Å². The number of rotatable bonds is 2. The molecule has 1 aromatic carbocycles. The molecule has 0 spiro atoms. The summed E-state index contributed by atoms with van der Waals surface area (Å²) in [5.74, 6) is -0.299. The van der Waals surface area contributed by atoms with E-state index in [9.17, 15) is 4.39 Å². The molecule has 1 heterocycles. The predicted molar refractivity (Wildman–Crippen MR) is 67.5 cm³/mol. The summed E-state index contributed by atoms with van der Waals surface area (Å²) in [4.78, 5) is 0. The molecule has 0 aliphatic carbocycles. The van der Waals surface area contributed by atoms with Gasteiger partial charge in [0, 0.05) is 23.0 Å². The van der Waals surface area contributed by atoms with Crippen LogP contribution in [-0.4, -0.2) is 5.54 Å². The summed E-state index contributed by atoms with van der Waals surface area (Å²) in [7, 11) is 0. The largest absolute Gasteiger partial charge is 0.461 e. The van der Waals surface area contributed by atoms with Crippen molar-refractivity contribution >= 4 is 11.0 Å². The van der Waals surface area contributed by atoms with Gasteiger partial charge in [-0.25, -0.2) is 4.39 Å². The molecule has 2 nitrogen and oxygen atoms in total. The minimum atomic E-state index is -0.299. The van der Waals surface area contributed by atoms with Gasteiger partial charge in [0.2, 0.25) is 0 Å². The van der Waals surface area contributed by atoms with Crippen molar-refractivity contribution in [2.45, 2.75) is 39.8 Å². The topological polar surface area (TPSA) is 25.2 Å². The third-order valence-electron chi connectivity index (χ3n) is 2.77. The molecular weight excluding hydrogens is 217 g/mol. The van der Waals surface area contributed by atoms with Gasteiger partial charge in [-0.3, -0.25) is 0 Å². The first-order chi connectivity index (χ1) is 7.88. The summed E-state index contributed by atoms with van der Waals surface area (Å²) in [6.07, 6.45) is 1.64. The van der Waals surface area contributed by atoms with Crippen LogP contribution in [0.4, 0.5) is 4.39 Å². The molecule has 0 aliphatic heterocycles. The van der Waals surface area contributed by atoms with Gasteiger partial charge in [0.25, 0.3) is 0 Å². The summed E-state index contributed by atoms with van der Waals surface area (Å²) in [6, 6.07) is 3.23. The quantitative estimate of drug-likeness (QED) is 0.857. The van der Waals surface area contributed by atoms with E-state index in [2.05, 4.69) is 26.1 Å². The van der Waals surface area contributed by atoms with E-state index < -0.39 is 0 Å². The van der Waals surface area contributed by atoms with Crippen molar-refractivity contribution in [2.24, 2.45) is 0 Å². The zero-order valence-electron chi connectivity index (χ0n) is 10.7. The second kappa shape index (κ2) is 4.15. The third kappa shape index (κ3) is 2.50. The fourth-order valence-electron chi connectivity index (χ4n) is 1.85. The molecule has 1 aromatic heterocycles. The standard InChI is InChI=1S/C14H18FNO/c1-9-5-6-11(15)13-12(9)10(8-17-13)7-16-14(2,3)4/h5-6,8,16H,7H2,1-4H3. The molecule has 17 heavy (non-hydrogen) atoms. The van der Waals surface area contributed by atoms with Gasteiger partial charge in [-0.2, -0.15) is 0 Å². The van der Waals surface area contributed by atoms with Gasteiger partial charge >= 0.3 is 0 Å². The van der Waals surface area contributed by atoms with Crippen LogP contribution in [-0.2, 0) is 6.54 Å². The molecule has 2 aromatic rings. The highest BCUT2D eigenvalue weighted by Gasteiger charge is 2.15. The first-order valence-corrected chi connectivity index (χ1v) is 5.79. The van der Waals surface area contributed by atoms with Gasteiger partial charge in [0.15, 0.2) is 11.4 Å². The lowest BCUT2D eigenvalue weighted by Gasteiger charge is -2.20. The van der Waals surface area contributed by atoms with Crippen LogP contribution in [0.15, 0.2) is 22.8 Å². The van der Waals surface area contributed by atoms with Gasteiger partial charge in [0.05, 0.1) is 6.26 Å². The van der Waals surface area contributed by atoms with Crippen LogP contribution < -0.4 is 5.32 Å². The second-order valence-electron chi connectivity index (χ2n) is 5.43. The Bertz CT molecular complexity index is 537. The number of hydrogen-bond acceptors (Lipinski definition) is 2. The Morgan fingerprint density at radius 1 is 1.29 bits per heavy atom. The van der Waals surface area contributed by atoms with Crippen molar-refractivity contribution in [2.75, 3.05) is 0 Å². The van der Waals surface area contributed by atoms with Gasteiger partial charge in [-0.05, 0) is 39.3 Å². The minimum Gasteiger partial charge on any atom is -0.461 e. The molecule has 0 unspecified atom stereocenters. The number of benzene rings is 1. The first kappa shape index (κ1) is 12.1. The van der Waals surface area contributed by atoms with E-state index in [-0.39, 0.29) is 11.4 Å². The fourth-order valence-corrected chi connectivity index (χ4v) is 1.85. The number of halogens is 1. The van der Waals surface area contributed by atoms with Crippen molar-refractivity contribution < 1.29 is 8.81 Å². The highest BCUT2D eigenvalue weighted by Crippen LogP contribution is 2.27. The van der Waals surface area contributed by atoms with Crippen LogP contribution in [0.2, 0.25) is 0 Å². The number of nitrogens with one attached hydrogen (secondary N) is 1. The van der Waals surface area contributed by atoms with Gasteiger partial charge in [0.1, 0.15) is 0 Å². The number of fused-ring (bicyclic) bond motifs is 1. The first-order valence-electron chi connectivity index (χ1n) is 5.79. The van der Waals surface area contributed by atoms with Crippen LogP contribution in [0.3, 0.4) is 0 Å². The van der Waals surface area contributed by atoms with E-state index in [4.69, 9.17) is 4.42 Å². The average Bonchev–Trinajstić information content (AvgIpc) is 2.64. The molecule has 0 saturated carbocycles. The van der Waals surface area contributed by atoms with E-state index >= 15 is 0 Å². The summed E-state index contributed by atoms with van der Waals surface area (Å²) in [5, 5.41) is 4.27. The molecule has 0 fully saturated rings. The van der Waals surface area contributed by atoms with Gasteiger partial charge < -0.3 is 9.73 Å². The molecule has 0 bridgehead atoms. The number of hydrogen-bond donors (Lipinski definition) is 1. The molecule has 2 rings (SSSR count). The molecule has 3 heteroatoms. The maximum absolute atomic E-state index is 13.5. The zero-order valence-corrected chi connectivity index (χ0v) is 10.7. The molecule has 92 valence electrons. The molecule has 0 aliphatic rings. The Hall–Kier alpha value is -1.35. The summed E-state index contributed by atoms with van der Waals surface area (Å²) in [6.45, 7) is 8.95. The monoisotopic (exact) mass is 235 g/mol. The number of furan rings is 1.